The van der Waals surface area contributed by atoms with Gasteiger partial charge in [-0.05, 0) is 51.3 Å². The van der Waals surface area contributed by atoms with Crippen molar-refractivity contribution in [3.05, 3.63) is 33.8 Å². The molecule has 1 aliphatic heterocycles. The molecule has 0 radical (unpaired) electrons. The number of guanidine groups is 1. The maximum Gasteiger partial charge on any atom is 0.191 e. The predicted molar refractivity (Wildman–Crippen MR) is 118 cm³/mol. The van der Waals surface area contributed by atoms with Crippen LogP contribution in [0, 0.1) is 0 Å². The van der Waals surface area contributed by atoms with Gasteiger partial charge in [-0.3, -0.25) is 4.99 Å². The Labute approximate surface area is 178 Å². The van der Waals surface area contributed by atoms with E-state index in [0.29, 0.717) is 10.0 Å². The number of halogens is 3. The second kappa shape index (κ2) is 9.62. The molecule has 2 N–H and O–H groups in total. The number of ether oxygens (including phenoxy) is 1. The van der Waals surface area contributed by atoms with E-state index in [9.17, 15) is 0 Å². The summed E-state index contributed by atoms with van der Waals surface area (Å²) >= 11 is 12.6. The fourth-order valence-corrected chi connectivity index (χ4v) is 3.62. The highest BCUT2D eigenvalue weighted by molar-refractivity contribution is 14.0. The van der Waals surface area contributed by atoms with Crippen LogP contribution in [-0.2, 0) is 10.2 Å². The smallest absolute Gasteiger partial charge is 0.191 e. The van der Waals surface area contributed by atoms with E-state index in [2.05, 4.69) is 36.4 Å². The summed E-state index contributed by atoms with van der Waals surface area (Å²) in [5.41, 5.74) is 0.980. The third-order valence-electron chi connectivity index (χ3n) is 4.26. The fourth-order valence-electron chi connectivity index (χ4n) is 3.01. The largest absolute Gasteiger partial charge is 0.381 e. The zero-order valence-electron chi connectivity index (χ0n) is 15.3. The molecule has 4 nitrogen and oxygen atoms in total. The van der Waals surface area contributed by atoms with Gasteiger partial charge in [0.1, 0.15) is 0 Å². The zero-order chi connectivity index (χ0) is 17.8. The fraction of sp³-hybridized carbons (Fsp3) is 0.611. The lowest BCUT2D eigenvalue weighted by atomic mass is 9.74. The van der Waals surface area contributed by atoms with Crippen LogP contribution >= 0.6 is 47.2 Å². The molecule has 0 amide bonds. The minimum absolute atomic E-state index is 0. The first-order valence-electron chi connectivity index (χ1n) is 8.28. The Kier molecular flexibility index (Phi) is 8.78. The Morgan fingerprint density at radius 2 is 1.88 bits per heavy atom. The molecule has 2 rings (SSSR count). The van der Waals surface area contributed by atoms with Crippen LogP contribution in [0.15, 0.2) is 23.2 Å². The van der Waals surface area contributed by atoms with Crippen LogP contribution in [-0.4, -0.2) is 38.3 Å². The topological polar surface area (TPSA) is 45.7 Å². The average molecular weight is 500 g/mol. The minimum atomic E-state index is -0.0879. The SMILES string of the molecule is CN=C(NCC1(c2ccc(Cl)cc2Cl)CCOCC1)NC(C)(C)C.I. The summed E-state index contributed by atoms with van der Waals surface area (Å²) in [4.78, 5) is 4.33. The quantitative estimate of drug-likeness (QED) is 0.362. The van der Waals surface area contributed by atoms with Crippen molar-refractivity contribution < 1.29 is 4.74 Å². The molecule has 142 valence electrons. The number of rotatable bonds is 3. The molecule has 1 heterocycles. The Bertz CT molecular complexity index is 596. The number of benzene rings is 1. The number of hydrogen-bond donors (Lipinski definition) is 2. The first kappa shape index (κ1) is 22.8. The zero-order valence-corrected chi connectivity index (χ0v) is 19.1. The second-order valence-corrected chi connectivity index (χ2v) is 8.16. The summed E-state index contributed by atoms with van der Waals surface area (Å²) in [5, 5.41) is 8.23. The number of nitrogens with zero attached hydrogens (tertiary/aromatic N) is 1. The Balaban J connectivity index is 0.00000312. The highest BCUT2D eigenvalue weighted by Gasteiger charge is 2.36. The van der Waals surface area contributed by atoms with Crippen molar-refractivity contribution >= 4 is 53.1 Å². The summed E-state index contributed by atoms with van der Waals surface area (Å²) < 4.78 is 5.58. The van der Waals surface area contributed by atoms with Crippen LogP contribution in [0.5, 0.6) is 0 Å². The van der Waals surface area contributed by atoms with E-state index in [0.717, 1.165) is 44.1 Å². The van der Waals surface area contributed by atoms with Gasteiger partial charge in [0.05, 0.1) is 0 Å². The van der Waals surface area contributed by atoms with Crippen LogP contribution in [0.4, 0.5) is 0 Å². The highest BCUT2D eigenvalue weighted by atomic mass is 127. The van der Waals surface area contributed by atoms with Crippen molar-refractivity contribution in [2.75, 3.05) is 26.8 Å². The molecule has 0 spiro atoms. The maximum atomic E-state index is 6.51. The van der Waals surface area contributed by atoms with Crippen molar-refractivity contribution in [1.82, 2.24) is 10.6 Å². The monoisotopic (exact) mass is 499 g/mol. The molecule has 0 unspecified atom stereocenters. The van der Waals surface area contributed by atoms with E-state index in [-0.39, 0.29) is 34.9 Å². The summed E-state index contributed by atoms with van der Waals surface area (Å²) in [6.07, 6.45) is 1.82. The lowest BCUT2D eigenvalue weighted by Gasteiger charge is -2.39. The number of hydrogen-bond acceptors (Lipinski definition) is 2. The molecule has 1 fully saturated rings. The first-order valence-corrected chi connectivity index (χ1v) is 9.03. The third-order valence-corrected chi connectivity index (χ3v) is 4.81. The highest BCUT2D eigenvalue weighted by Crippen LogP contribution is 2.39. The Morgan fingerprint density at radius 1 is 1.24 bits per heavy atom. The van der Waals surface area contributed by atoms with E-state index in [1.807, 2.05) is 18.2 Å². The molecule has 0 bridgehead atoms. The molecular weight excluding hydrogens is 472 g/mol. The normalized spacial score (nSPS) is 17.6. The van der Waals surface area contributed by atoms with Gasteiger partial charge in [-0.15, -0.1) is 24.0 Å². The molecule has 0 aliphatic carbocycles. The maximum absolute atomic E-state index is 6.51. The number of nitrogens with one attached hydrogen (secondary N) is 2. The molecule has 1 aromatic carbocycles. The van der Waals surface area contributed by atoms with Gasteiger partial charge in [0, 0.05) is 47.8 Å². The van der Waals surface area contributed by atoms with Crippen molar-refractivity contribution in [3.63, 3.8) is 0 Å². The molecule has 25 heavy (non-hydrogen) atoms. The predicted octanol–water partition coefficient (Wildman–Crippen LogP) is 4.62. The first-order chi connectivity index (χ1) is 11.3. The summed E-state index contributed by atoms with van der Waals surface area (Å²) in [6, 6.07) is 5.76. The van der Waals surface area contributed by atoms with Crippen molar-refractivity contribution in [2.45, 2.75) is 44.6 Å². The van der Waals surface area contributed by atoms with Crippen molar-refractivity contribution in [3.8, 4) is 0 Å². The molecule has 0 aromatic heterocycles. The van der Waals surface area contributed by atoms with Gasteiger partial charge in [-0.1, -0.05) is 29.3 Å². The van der Waals surface area contributed by atoms with E-state index >= 15 is 0 Å². The lowest BCUT2D eigenvalue weighted by molar-refractivity contribution is 0.0514. The standard InChI is InChI=1S/C18H27Cl2N3O.HI/c1-17(2,3)23-16(21-4)22-12-18(7-9-24-10-8-18)14-6-5-13(19)11-15(14)20;/h5-6,11H,7-10,12H2,1-4H3,(H2,21,22,23);1H. The minimum Gasteiger partial charge on any atom is -0.381 e. The van der Waals surface area contributed by atoms with Gasteiger partial charge < -0.3 is 15.4 Å². The van der Waals surface area contributed by atoms with Gasteiger partial charge >= 0.3 is 0 Å². The van der Waals surface area contributed by atoms with E-state index in [4.69, 9.17) is 27.9 Å². The second-order valence-electron chi connectivity index (χ2n) is 7.32. The average Bonchev–Trinajstić information content (AvgIpc) is 2.51. The van der Waals surface area contributed by atoms with Gasteiger partial charge in [0.25, 0.3) is 0 Å². The summed E-state index contributed by atoms with van der Waals surface area (Å²) in [6.45, 7) is 8.53. The van der Waals surface area contributed by atoms with Gasteiger partial charge in [0.2, 0.25) is 0 Å². The molecule has 0 saturated carbocycles. The van der Waals surface area contributed by atoms with Crippen LogP contribution < -0.4 is 10.6 Å². The van der Waals surface area contributed by atoms with Crippen molar-refractivity contribution in [2.24, 2.45) is 4.99 Å². The molecule has 1 aromatic rings. The Morgan fingerprint density at radius 3 is 2.40 bits per heavy atom. The molecular formula is C18H28Cl2IN3O. The summed E-state index contributed by atoms with van der Waals surface area (Å²) in [5.74, 6) is 0.790. The molecule has 1 saturated heterocycles. The van der Waals surface area contributed by atoms with Crippen LogP contribution in [0.3, 0.4) is 0 Å². The van der Waals surface area contributed by atoms with Gasteiger partial charge in [0.15, 0.2) is 5.96 Å². The van der Waals surface area contributed by atoms with E-state index in [1.165, 1.54) is 0 Å². The van der Waals surface area contributed by atoms with E-state index < -0.39 is 0 Å². The molecule has 0 atom stereocenters. The number of aliphatic imine (C=N–C) groups is 1. The van der Waals surface area contributed by atoms with Crippen LogP contribution in [0.1, 0.15) is 39.2 Å². The van der Waals surface area contributed by atoms with Crippen LogP contribution in [0.25, 0.3) is 0 Å². The van der Waals surface area contributed by atoms with Crippen molar-refractivity contribution in [1.29, 1.82) is 0 Å². The third kappa shape index (κ3) is 6.45. The lowest BCUT2D eigenvalue weighted by Crippen LogP contribution is -2.52. The Hall–Kier alpha value is -0.240. The van der Waals surface area contributed by atoms with Gasteiger partial charge in [-0.2, -0.15) is 0 Å². The van der Waals surface area contributed by atoms with E-state index in [1.54, 1.807) is 7.05 Å². The van der Waals surface area contributed by atoms with Gasteiger partial charge in [-0.25, -0.2) is 0 Å². The molecule has 1 aliphatic rings. The summed E-state index contributed by atoms with van der Waals surface area (Å²) in [7, 11) is 1.78. The molecule has 7 heteroatoms. The van der Waals surface area contributed by atoms with Crippen LogP contribution in [0.2, 0.25) is 10.0 Å².